The minimum Gasteiger partial charge on any atom is -0.398 e. The van der Waals surface area contributed by atoms with Gasteiger partial charge in [0, 0.05) is 21.9 Å². The van der Waals surface area contributed by atoms with Crippen LogP contribution in [0.25, 0.3) is 32.9 Å². The molecular formula is C22H19N3O. The van der Waals surface area contributed by atoms with E-state index in [9.17, 15) is 4.79 Å². The van der Waals surface area contributed by atoms with Crippen LogP contribution in [0.1, 0.15) is 17.3 Å². The smallest absolute Gasteiger partial charge is 0.181 e. The number of anilines is 1. The van der Waals surface area contributed by atoms with Gasteiger partial charge in [-0.1, -0.05) is 48.5 Å². The summed E-state index contributed by atoms with van der Waals surface area (Å²) in [6.45, 7) is 1.67. The number of aromatic nitrogens is 1. The van der Waals surface area contributed by atoms with Crippen molar-refractivity contribution >= 4 is 33.3 Å². The van der Waals surface area contributed by atoms with Crippen LogP contribution in [0.3, 0.4) is 0 Å². The Labute approximate surface area is 151 Å². The number of Topliss-reactive ketones (excluding diaryl/α,β-unsaturated/α-hetero) is 1. The fourth-order valence-electron chi connectivity index (χ4n) is 3.30. The van der Waals surface area contributed by atoms with Crippen molar-refractivity contribution in [3.05, 3.63) is 72.3 Å². The predicted molar refractivity (Wildman–Crippen MR) is 107 cm³/mol. The second-order valence-corrected chi connectivity index (χ2v) is 6.48. The zero-order chi connectivity index (χ0) is 18.3. The van der Waals surface area contributed by atoms with Gasteiger partial charge in [0.15, 0.2) is 5.78 Å². The molecule has 0 saturated heterocycles. The second kappa shape index (κ2) is 6.24. The number of nitrogens with zero attached hydrogens (tertiary/aromatic N) is 1. The van der Waals surface area contributed by atoms with Gasteiger partial charge in [-0.25, -0.2) is 4.98 Å². The lowest BCUT2D eigenvalue weighted by molar-refractivity contribution is 0.0969. The number of carbonyl (C=O) groups excluding carboxylic acids is 1. The number of nitrogen functional groups attached to an aromatic ring is 1. The molecule has 0 fully saturated rings. The molecular weight excluding hydrogens is 322 g/mol. The van der Waals surface area contributed by atoms with Crippen molar-refractivity contribution < 1.29 is 4.79 Å². The number of para-hydroxylation sites is 1. The molecule has 0 radical (unpaired) electrons. The third-order valence-electron chi connectivity index (χ3n) is 4.60. The summed E-state index contributed by atoms with van der Waals surface area (Å²) in [6.07, 6.45) is 0. The average Bonchev–Trinajstić information content (AvgIpc) is 2.66. The summed E-state index contributed by atoms with van der Waals surface area (Å²) >= 11 is 0. The van der Waals surface area contributed by atoms with E-state index in [2.05, 4.69) is 6.07 Å². The molecule has 0 aliphatic rings. The first-order chi connectivity index (χ1) is 12.6. The maximum absolute atomic E-state index is 12.6. The summed E-state index contributed by atoms with van der Waals surface area (Å²) in [7, 11) is 0. The molecule has 0 aliphatic heterocycles. The van der Waals surface area contributed by atoms with E-state index in [1.165, 1.54) is 0 Å². The standard InChI is InChI=1S/C22H19N3O/c1-13(23)22(26)17-12-19-16(11-15-9-5-6-10-18(15)25-19)20(21(17)24)14-7-3-2-4-8-14/h2-13H,23-24H2,1H3/t13-/m0/s1. The molecule has 4 N–H and O–H groups in total. The first-order valence-corrected chi connectivity index (χ1v) is 8.53. The highest BCUT2D eigenvalue weighted by Gasteiger charge is 2.20. The number of hydrogen-bond donors (Lipinski definition) is 2. The van der Waals surface area contributed by atoms with E-state index < -0.39 is 6.04 Å². The van der Waals surface area contributed by atoms with E-state index in [1.54, 1.807) is 13.0 Å². The van der Waals surface area contributed by atoms with Gasteiger partial charge in [0.1, 0.15) is 0 Å². The Balaban J connectivity index is 2.14. The van der Waals surface area contributed by atoms with Crippen LogP contribution in [0.2, 0.25) is 0 Å². The van der Waals surface area contributed by atoms with Crippen molar-refractivity contribution in [2.75, 3.05) is 5.73 Å². The van der Waals surface area contributed by atoms with Gasteiger partial charge in [-0.05, 0) is 30.7 Å². The highest BCUT2D eigenvalue weighted by molar-refractivity contribution is 6.14. The number of pyridine rings is 1. The first-order valence-electron chi connectivity index (χ1n) is 8.53. The summed E-state index contributed by atoms with van der Waals surface area (Å²) in [4.78, 5) is 17.4. The summed E-state index contributed by atoms with van der Waals surface area (Å²) in [5, 5.41) is 1.96. The van der Waals surface area contributed by atoms with Crippen LogP contribution in [-0.2, 0) is 0 Å². The van der Waals surface area contributed by atoms with Gasteiger partial charge in [-0.2, -0.15) is 0 Å². The van der Waals surface area contributed by atoms with Gasteiger partial charge in [0.2, 0.25) is 0 Å². The van der Waals surface area contributed by atoms with Gasteiger partial charge >= 0.3 is 0 Å². The minimum absolute atomic E-state index is 0.184. The molecule has 128 valence electrons. The number of hydrogen-bond acceptors (Lipinski definition) is 4. The Morgan fingerprint density at radius 2 is 1.65 bits per heavy atom. The van der Waals surface area contributed by atoms with E-state index in [1.807, 2.05) is 54.6 Å². The van der Waals surface area contributed by atoms with Crippen molar-refractivity contribution in [3.63, 3.8) is 0 Å². The number of ketones is 1. The molecule has 0 unspecified atom stereocenters. The normalized spacial score (nSPS) is 12.4. The Bertz CT molecular complexity index is 1130. The molecule has 3 aromatic carbocycles. The SMILES string of the molecule is C[C@H](N)C(=O)c1cc2nc3ccccc3cc2c(-c2ccccc2)c1N. The topological polar surface area (TPSA) is 82.0 Å². The van der Waals surface area contributed by atoms with E-state index in [0.29, 0.717) is 11.3 Å². The summed E-state index contributed by atoms with van der Waals surface area (Å²) in [5.74, 6) is -0.184. The van der Waals surface area contributed by atoms with E-state index in [0.717, 1.165) is 32.9 Å². The average molecular weight is 341 g/mol. The lowest BCUT2D eigenvalue weighted by atomic mass is 9.92. The molecule has 4 nitrogen and oxygen atoms in total. The van der Waals surface area contributed by atoms with E-state index in [4.69, 9.17) is 16.5 Å². The van der Waals surface area contributed by atoms with Crippen LogP contribution in [0, 0.1) is 0 Å². The zero-order valence-electron chi connectivity index (χ0n) is 14.4. The van der Waals surface area contributed by atoms with E-state index >= 15 is 0 Å². The van der Waals surface area contributed by atoms with Crippen molar-refractivity contribution in [1.82, 2.24) is 4.98 Å². The van der Waals surface area contributed by atoms with Crippen molar-refractivity contribution in [1.29, 1.82) is 0 Å². The van der Waals surface area contributed by atoms with Crippen LogP contribution < -0.4 is 11.5 Å². The Morgan fingerprint density at radius 3 is 2.38 bits per heavy atom. The van der Waals surface area contributed by atoms with Gasteiger partial charge in [-0.3, -0.25) is 4.79 Å². The van der Waals surface area contributed by atoms with Gasteiger partial charge in [-0.15, -0.1) is 0 Å². The molecule has 4 rings (SSSR count). The van der Waals surface area contributed by atoms with Crippen molar-refractivity contribution in [2.24, 2.45) is 5.73 Å². The number of rotatable bonds is 3. The number of benzene rings is 3. The highest BCUT2D eigenvalue weighted by atomic mass is 16.1. The number of carbonyl (C=O) groups is 1. The van der Waals surface area contributed by atoms with Crippen LogP contribution in [0.15, 0.2) is 66.7 Å². The third-order valence-corrected chi connectivity index (χ3v) is 4.60. The summed E-state index contributed by atoms with van der Waals surface area (Å²) < 4.78 is 0. The number of nitrogens with two attached hydrogens (primary N) is 2. The molecule has 0 bridgehead atoms. The Morgan fingerprint density at radius 1 is 0.962 bits per heavy atom. The number of fused-ring (bicyclic) bond motifs is 2. The Kier molecular flexibility index (Phi) is 3.90. The summed E-state index contributed by atoms with van der Waals surface area (Å²) in [6, 6.07) is 21.0. The van der Waals surface area contributed by atoms with Gasteiger partial charge in [0.05, 0.1) is 22.8 Å². The molecule has 1 aromatic heterocycles. The largest absolute Gasteiger partial charge is 0.398 e. The molecule has 0 saturated carbocycles. The minimum atomic E-state index is -0.626. The predicted octanol–water partition coefficient (Wildman–Crippen LogP) is 4.17. The first kappa shape index (κ1) is 16.2. The highest BCUT2D eigenvalue weighted by Crippen LogP contribution is 2.37. The molecule has 26 heavy (non-hydrogen) atoms. The quantitative estimate of drug-likeness (QED) is 0.333. The second-order valence-electron chi connectivity index (χ2n) is 6.48. The maximum Gasteiger partial charge on any atom is 0.181 e. The molecule has 1 atom stereocenters. The van der Waals surface area contributed by atoms with Crippen LogP contribution in [0.5, 0.6) is 0 Å². The molecule has 4 heteroatoms. The Hall–Kier alpha value is -3.24. The maximum atomic E-state index is 12.6. The molecule has 4 aromatic rings. The van der Waals surface area contributed by atoms with Crippen LogP contribution >= 0.6 is 0 Å². The monoisotopic (exact) mass is 341 g/mol. The lowest BCUT2D eigenvalue weighted by Gasteiger charge is -2.16. The molecule has 0 aliphatic carbocycles. The zero-order valence-corrected chi connectivity index (χ0v) is 14.4. The molecule has 0 amide bonds. The van der Waals surface area contributed by atoms with Crippen LogP contribution in [0.4, 0.5) is 5.69 Å². The van der Waals surface area contributed by atoms with Gasteiger partial charge in [0.25, 0.3) is 0 Å². The van der Waals surface area contributed by atoms with Gasteiger partial charge < -0.3 is 11.5 Å². The fourth-order valence-corrected chi connectivity index (χ4v) is 3.30. The van der Waals surface area contributed by atoms with Crippen molar-refractivity contribution in [2.45, 2.75) is 13.0 Å². The van der Waals surface area contributed by atoms with Crippen LogP contribution in [-0.4, -0.2) is 16.8 Å². The van der Waals surface area contributed by atoms with E-state index in [-0.39, 0.29) is 5.78 Å². The fraction of sp³-hybridized carbons (Fsp3) is 0.0909. The third kappa shape index (κ3) is 2.61. The lowest BCUT2D eigenvalue weighted by Crippen LogP contribution is -2.27. The molecule has 0 spiro atoms. The molecule has 1 heterocycles. The summed E-state index contributed by atoms with van der Waals surface area (Å²) in [5.41, 5.74) is 16.6. The van der Waals surface area contributed by atoms with Crippen molar-refractivity contribution in [3.8, 4) is 11.1 Å².